The number of amidine groups is 1. The van der Waals surface area contributed by atoms with E-state index < -0.39 is 17.7 Å². The van der Waals surface area contributed by atoms with Crippen LogP contribution in [0.25, 0.3) is 0 Å². The third kappa shape index (κ3) is 13.2. The Morgan fingerprint density at radius 3 is 2.43 bits per heavy atom. The van der Waals surface area contributed by atoms with E-state index in [2.05, 4.69) is 46.3 Å². The molecular weight excluding hydrogens is 644 g/mol. The molecule has 1 aromatic rings. The molecule has 11 nitrogen and oxygen atoms in total. The van der Waals surface area contributed by atoms with Crippen LogP contribution in [-0.4, -0.2) is 92.3 Å². The van der Waals surface area contributed by atoms with Crippen molar-refractivity contribution in [2.75, 3.05) is 40.9 Å². The maximum absolute atomic E-state index is 13.3. The van der Waals surface area contributed by atoms with Crippen LogP contribution in [-0.2, 0) is 14.9 Å². The SMILES string of the molecule is C=CNCC([NH+]=C(N)CC)[C@@]1(C)[C@H](O)[C@H](NC(=O)c2cccc3c2OCCC3(C)C)CN1C.CC.CC.CC/C=C(/C=C\C=C/OC)C(=O)NC. The van der Waals surface area contributed by atoms with Crippen LogP contribution in [0.5, 0.6) is 5.75 Å². The van der Waals surface area contributed by atoms with Crippen molar-refractivity contribution in [3.63, 3.8) is 0 Å². The van der Waals surface area contributed by atoms with E-state index in [1.54, 1.807) is 50.9 Å². The van der Waals surface area contributed by atoms with Crippen molar-refractivity contribution in [2.24, 2.45) is 5.73 Å². The summed E-state index contributed by atoms with van der Waals surface area (Å²) in [5, 5.41) is 20.2. The fourth-order valence-corrected chi connectivity index (χ4v) is 5.83. The molecule has 1 aromatic carbocycles. The minimum absolute atomic E-state index is 0.0533. The highest BCUT2D eigenvalue weighted by atomic mass is 16.5. The first-order valence-corrected chi connectivity index (χ1v) is 18.3. The van der Waals surface area contributed by atoms with E-state index >= 15 is 0 Å². The lowest BCUT2D eigenvalue weighted by atomic mass is 9.79. The molecule has 2 heterocycles. The molecule has 3 rings (SSSR count). The zero-order valence-corrected chi connectivity index (χ0v) is 33.5. The molecule has 2 aliphatic heterocycles. The first-order chi connectivity index (χ1) is 24.3. The molecule has 0 bridgehead atoms. The van der Waals surface area contributed by atoms with Gasteiger partial charge in [-0.3, -0.25) is 25.2 Å². The number of ether oxygens (including phenoxy) is 2. The summed E-state index contributed by atoms with van der Waals surface area (Å²) in [5.41, 5.74) is 7.59. The van der Waals surface area contributed by atoms with Crippen LogP contribution in [0.3, 0.4) is 0 Å². The van der Waals surface area contributed by atoms with Gasteiger partial charge >= 0.3 is 0 Å². The van der Waals surface area contributed by atoms with Crippen LogP contribution in [0.4, 0.5) is 0 Å². The number of amides is 2. The van der Waals surface area contributed by atoms with E-state index in [0.29, 0.717) is 48.8 Å². The molecule has 1 fully saturated rings. The lowest BCUT2D eigenvalue weighted by Gasteiger charge is -2.39. The minimum atomic E-state index is -0.822. The first-order valence-electron chi connectivity index (χ1n) is 18.3. The largest absolute Gasteiger partial charge is 0.504 e. The number of carbonyl (C=O) groups is 2. The molecule has 0 saturated carbocycles. The maximum atomic E-state index is 13.3. The number of benzene rings is 1. The number of aliphatic hydroxyl groups is 1. The third-order valence-electron chi connectivity index (χ3n) is 8.98. The number of rotatable bonds is 13. The number of fused-ring (bicyclic) bond motifs is 1. The van der Waals surface area contributed by atoms with Gasteiger partial charge in [0.05, 0.1) is 49.8 Å². The van der Waals surface area contributed by atoms with Gasteiger partial charge in [-0.05, 0) is 56.6 Å². The van der Waals surface area contributed by atoms with E-state index in [1.807, 2.05) is 73.7 Å². The Hall–Kier alpha value is -4.09. The Kier molecular flexibility index (Phi) is 22.2. The van der Waals surface area contributed by atoms with E-state index in [4.69, 9.17) is 15.2 Å². The average Bonchev–Trinajstić information content (AvgIpc) is 3.35. The molecule has 0 radical (unpaired) electrons. The minimum Gasteiger partial charge on any atom is -0.504 e. The quantitative estimate of drug-likeness (QED) is 0.0596. The van der Waals surface area contributed by atoms with Gasteiger partial charge in [-0.25, -0.2) is 0 Å². The number of carbonyl (C=O) groups excluding carboxylic acids is 2. The molecule has 2 amide bonds. The molecule has 1 saturated heterocycles. The van der Waals surface area contributed by atoms with Gasteiger partial charge in [-0.2, -0.15) is 0 Å². The van der Waals surface area contributed by atoms with Gasteiger partial charge in [0, 0.05) is 31.1 Å². The summed E-state index contributed by atoms with van der Waals surface area (Å²) in [6, 6.07) is 5.06. The van der Waals surface area contributed by atoms with E-state index in [1.165, 1.54) is 0 Å². The number of aliphatic hydroxyl groups excluding tert-OH is 1. The second-order valence-electron chi connectivity index (χ2n) is 12.6. The molecule has 0 spiro atoms. The van der Waals surface area contributed by atoms with Crippen molar-refractivity contribution < 1.29 is 29.2 Å². The Bertz CT molecular complexity index is 1340. The second-order valence-corrected chi connectivity index (χ2v) is 12.6. The summed E-state index contributed by atoms with van der Waals surface area (Å²) in [7, 11) is 5.15. The summed E-state index contributed by atoms with van der Waals surface area (Å²) in [6.07, 6.45) is 11.9. The van der Waals surface area contributed by atoms with Crippen LogP contribution < -0.4 is 31.4 Å². The zero-order chi connectivity index (χ0) is 39.2. The van der Waals surface area contributed by atoms with Crippen molar-refractivity contribution in [1.29, 1.82) is 0 Å². The van der Waals surface area contributed by atoms with Gasteiger partial charge in [-0.15, -0.1) is 0 Å². The Balaban J connectivity index is 0.00000117. The molecule has 4 atom stereocenters. The number of hydrogen-bond acceptors (Lipinski definition) is 7. The third-order valence-corrected chi connectivity index (χ3v) is 8.98. The molecule has 288 valence electrons. The van der Waals surface area contributed by atoms with Gasteiger partial charge < -0.3 is 30.5 Å². The van der Waals surface area contributed by atoms with E-state index in [0.717, 1.165) is 18.4 Å². The number of hydrogen-bond donors (Lipinski definition) is 6. The predicted octanol–water partition coefficient (Wildman–Crippen LogP) is 3.70. The molecule has 0 aromatic heterocycles. The summed E-state index contributed by atoms with van der Waals surface area (Å²) < 4.78 is 10.6. The second kappa shape index (κ2) is 24.2. The number of nitrogens with zero attached hydrogens (tertiary/aromatic N) is 1. The van der Waals surface area contributed by atoms with Crippen molar-refractivity contribution in [1.82, 2.24) is 20.9 Å². The fourth-order valence-electron chi connectivity index (χ4n) is 5.83. The molecule has 0 aliphatic carbocycles. The number of likely N-dealkylation sites (N-methyl/N-ethyl adjacent to an activating group) is 2. The Labute approximate surface area is 308 Å². The number of para-hydroxylation sites is 1. The highest BCUT2D eigenvalue weighted by Gasteiger charge is 2.54. The molecular formula is C40H69N6O5+. The van der Waals surface area contributed by atoms with Crippen molar-refractivity contribution in [2.45, 2.75) is 111 Å². The normalized spacial score (nSPS) is 21.7. The number of likely N-dealkylation sites (tertiary alicyclic amines) is 1. The number of allylic oxidation sites excluding steroid dienone is 3. The number of methoxy groups -OCH3 is 1. The van der Waals surface area contributed by atoms with Gasteiger partial charge in [0.2, 0.25) is 5.84 Å². The lowest BCUT2D eigenvalue weighted by molar-refractivity contribution is -0.522. The molecule has 1 unspecified atom stereocenters. The van der Waals surface area contributed by atoms with Crippen LogP contribution in [0.1, 0.15) is 97.5 Å². The van der Waals surface area contributed by atoms with Crippen molar-refractivity contribution in [3.05, 3.63) is 78.2 Å². The molecule has 7 N–H and O–H groups in total. The number of nitrogens with one attached hydrogen (secondary N) is 4. The summed E-state index contributed by atoms with van der Waals surface area (Å²) in [4.78, 5) is 30.0. The van der Waals surface area contributed by atoms with Gasteiger partial charge in [0.1, 0.15) is 11.8 Å². The Morgan fingerprint density at radius 1 is 1.20 bits per heavy atom. The van der Waals surface area contributed by atoms with Crippen LogP contribution >= 0.6 is 0 Å². The van der Waals surface area contributed by atoms with Crippen LogP contribution in [0.15, 0.2) is 67.1 Å². The predicted molar refractivity (Wildman–Crippen MR) is 211 cm³/mol. The maximum Gasteiger partial charge on any atom is 0.255 e. The average molecular weight is 714 g/mol. The zero-order valence-electron chi connectivity index (χ0n) is 33.5. The topological polar surface area (TPSA) is 152 Å². The standard InChI is InChI=1S/C25H39N5O3.C11H17NO2.2C2H6/c1-7-20(26)29-19(14-27-8-2)25(5)22(31)18(15-30(25)6)28-23(32)16-10-9-11-17-21(16)33-13-12-24(17,3)4;1-4-7-10(11(13)12-2)8-5-6-9-14-3;2*1-2/h8-11,18-19,22,27,31H,2,7,12-15H2,1,3-6H3,(H2,26,29)(H,28,32);5-9H,4H2,1-3H3,(H,12,13);2*1-2H3/p+1/b;8-5-,9-6-,10-7-;;/t18-,19?,22-,25+;;;/m1.../s1. The highest BCUT2D eigenvalue weighted by Crippen LogP contribution is 2.40. The van der Waals surface area contributed by atoms with Gasteiger partial charge in [0.25, 0.3) is 11.8 Å². The Morgan fingerprint density at radius 2 is 1.86 bits per heavy atom. The molecule has 2 aliphatic rings. The van der Waals surface area contributed by atoms with Gasteiger partial charge in [0.15, 0.2) is 0 Å². The smallest absolute Gasteiger partial charge is 0.255 e. The summed E-state index contributed by atoms with van der Waals surface area (Å²) in [5.74, 6) is 0.985. The van der Waals surface area contributed by atoms with Crippen molar-refractivity contribution >= 4 is 17.6 Å². The fraction of sp³-hybridized carbons (Fsp3) is 0.575. The molecule has 51 heavy (non-hydrogen) atoms. The first kappa shape index (κ1) is 46.9. The molecule has 11 heteroatoms. The lowest BCUT2D eigenvalue weighted by Crippen LogP contribution is -2.90. The van der Waals surface area contributed by atoms with E-state index in [9.17, 15) is 14.7 Å². The number of nitrogens with two attached hydrogens (primary N) is 1. The van der Waals surface area contributed by atoms with Crippen molar-refractivity contribution in [3.8, 4) is 5.75 Å². The van der Waals surface area contributed by atoms with Crippen LogP contribution in [0, 0.1) is 0 Å². The highest BCUT2D eigenvalue weighted by molar-refractivity contribution is 5.98. The summed E-state index contributed by atoms with van der Waals surface area (Å²) in [6.45, 7) is 23.6. The van der Waals surface area contributed by atoms with Gasteiger partial charge in [-0.1, -0.05) is 86.3 Å². The summed E-state index contributed by atoms with van der Waals surface area (Å²) >= 11 is 0. The van der Waals surface area contributed by atoms with Crippen LogP contribution in [0.2, 0.25) is 0 Å². The van der Waals surface area contributed by atoms with E-state index in [-0.39, 0.29) is 23.3 Å². The monoisotopic (exact) mass is 714 g/mol.